The van der Waals surface area contributed by atoms with Crippen LogP contribution >= 0.6 is 0 Å². The molecular formula is C15H21FN2O3. The van der Waals surface area contributed by atoms with Gasteiger partial charge in [0.25, 0.3) is 0 Å². The van der Waals surface area contributed by atoms with Gasteiger partial charge in [-0.05, 0) is 31.0 Å². The van der Waals surface area contributed by atoms with Gasteiger partial charge in [0.2, 0.25) is 0 Å². The van der Waals surface area contributed by atoms with Crippen molar-refractivity contribution in [2.24, 2.45) is 5.41 Å². The number of hydrogen-bond acceptors (Lipinski definition) is 2. The van der Waals surface area contributed by atoms with E-state index in [2.05, 4.69) is 5.32 Å². The SMILES string of the molecule is CCC(CC)(CNC(=O)N(C)c1cccc(F)c1)C(=O)O. The van der Waals surface area contributed by atoms with Crippen LogP contribution in [-0.2, 0) is 4.79 Å². The second-order valence-electron chi connectivity index (χ2n) is 4.99. The average molecular weight is 296 g/mol. The third kappa shape index (κ3) is 3.93. The fourth-order valence-corrected chi connectivity index (χ4v) is 2.04. The summed E-state index contributed by atoms with van der Waals surface area (Å²) in [4.78, 5) is 24.7. The van der Waals surface area contributed by atoms with Crippen molar-refractivity contribution in [1.82, 2.24) is 5.32 Å². The molecule has 0 atom stereocenters. The summed E-state index contributed by atoms with van der Waals surface area (Å²) in [5.41, 5.74) is -0.570. The standard InChI is InChI=1S/C15H21FN2O3/c1-4-15(5-2,13(19)20)10-17-14(21)18(3)12-8-6-7-11(16)9-12/h6-9H,4-5,10H2,1-3H3,(H,17,21)(H,19,20). The smallest absolute Gasteiger partial charge is 0.321 e. The first-order chi connectivity index (χ1) is 9.86. The summed E-state index contributed by atoms with van der Waals surface area (Å²) in [6.07, 6.45) is 0.839. The van der Waals surface area contributed by atoms with Gasteiger partial charge in [0.15, 0.2) is 0 Å². The summed E-state index contributed by atoms with van der Waals surface area (Å²) in [5, 5.41) is 11.9. The second kappa shape index (κ2) is 7.06. The predicted molar refractivity (Wildman–Crippen MR) is 78.9 cm³/mol. The van der Waals surface area contributed by atoms with Crippen LogP contribution in [0.25, 0.3) is 0 Å². The van der Waals surface area contributed by atoms with E-state index >= 15 is 0 Å². The molecule has 2 N–H and O–H groups in total. The third-order valence-corrected chi connectivity index (χ3v) is 3.89. The van der Waals surface area contributed by atoms with Crippen LogP contribution in [0.15, 0.2) is 24.3 Å². The minimum Gasteiger partial charge on any atom is -0.481 e. The van der Waals surface area contributed by atoms with Crippen molar-refractivity contribution in [3.63, 3.8) is 0 Å². The number of benzene rings is 1. The van der Waals surface area contributed by atoms with Gasteiger partial charge in [-0.15, -0.1) is 0 Å². The summed E-state index contributed by atoms with van der Waals surface area (Å²) < 4.78 is 13.1. The van der Waals surface area contributed by atoms with Crippen LogP contribution in [0.1, 0.15) is 26.7 Å². The quantitative estimate of drug-likeness (QED) is 0.848. The highest BCUT2D eigenvalue weighted by atomic mass is 19.1. The monoisotopic (exact) mass is 296 g/mol. The molecule has 21 heavy (non-hydrogen) atoms. The number of rotatable bonds is 6. The van der Waals surface area contributed by atoms with Gasteiger partial charge >= 0.3 is 12.0 Å². The highest BCUT2D eigenvalue weighted by Gasteiger charge is 2.35. The summed E-state index contributed by atoms with van der Waals surface area (Å²) in [6, 6.07) is 5.18. The number of carbonyl (C=O) groups excluding carboxylic acids is 1. The fraction of sp³-hybridized carbons (Fsp3) is 0.467. The van der Waals surface area contributed by atoms with Gasteiger partial charge in [-0.3, -0.25) is 9.69 Å². The molecule has 0 spiro atoms. The van der Waals surface area contributed by atoms with E-state index in [0.29, 0.717) is 18.5 Å². The van der Waals surface area contributed by atoms with Gasteiger partial charge in [0, 0.05) is 19.3 Å². The van der Waals surface area contributed by atoms with Crippen molar-refractivity contribution in [1.29, 1.82) is 0 Å². The summed E-state index contributed by atoms with van der Waals surface area (Å²) in [7, 11) is 1.50. The lowest BCUT2D eigenvalue weighted by Crippen LogP contribution is -2.46. The van der Waals surface area contributed by atoms with E-state index in [-0.39, 0.29) is 6.54 Å². The van der Waals surface area contributed by atoms with Crippen molar-refractivity contribution in [2.75, 3.05) is 18.5 Å². The number of urea groups is 1. The van der Waals surface area contributed by atoms with E-state index in [1.54, 1.807) is 19.9 Å². The molecule has 6 heteroatoms. The number of nitrogens with zero attached hydrogens (tertiary/aromatic N) is 1. The molecule has 0 heterocycles. The Morgan fingerprint density at radius 3 is 2.43 bits per heavy atom. The van der Waals surface area contributed by atoms with Crippen molar-refractivity contribution in [2.45, 2.75) is 26.7 Å². The summed E-state index contributed by atoms with van der Waals surface area (Å²) >= 11 is 0. The Morgan fingerprint density at radius 2 is 1.95 bits per heavy atom. The largest absolute Gasteiger partial charge is 0.481 e. The van der Waals surface area contributed by atoms with Crippen molar-refractivity contribution >= 4 is 17.7 Å². The number of carboxylic acids is 1. The molecule has 0 saturated heterocycles. The van der Waals surface area contributed by atoms with E-state index in [4.69, 9.17) is 0 Å². The Bertz CT molecular complexity index is 515. The zero-order chi connectivity index (χ0) is 16.0. The van der Waals surface area contributed by atoms with Crippen molar-refractivity contribution in [3.8, 4) is 0 Å². The number of aliphatic carboxylic acids is 1. The first-order valence-electron chi connectivity index (χ1n) is 6.87. The molecule has 0 unspecified atom stereocenters. The Kier molecular flexibility index (Phi) is 5.69. The summed E-state index contributed by atoms with van der Waals surface area (Å²) in [6.45, 7) is 3.59. The third-order valence-electron chi connectivity index (χ3n) is 3.89. The van der Waals surface area contributed by atoms with Gasteiger partial charge in [0.1, 0.15) is 5.82 Å². The molecule has 116 valence electrons. The lowest BCUT2D eigenvalue weighted by molar-refractivity contribution is -0.149. The van der Waals surface area contributed by atoms with Crippen molar-refractivity contribution < 1.29 is 19.1 Å². The molecule has 1 aromatic rings. The second-order valence-corrected chi connectivity index (χ2v) is 4.99. The topological polar surface area (TPSA) is 69.6 Å². The molecule has 0 aliphatic heterocycles. The van der Waals surface area contributed by atoms with Gasteiger partial charge in [-0.25, -0.2) is 9.18 Å². The zero-order valence-electron chi connectivity index (χ0n) is 12.5. The normalized spacial score (nSPS) is 11.0. The predicted octanol–water partition coefficient (Wildman–Crippen LogP) is 2.86. The van der Waals surface area contributed by atoms with Gasteiger partial charge < -0.3 is 10.4 Å². The van der Waals surface area contributed by atoms with Crippen LogP contribution in [-0.4, -0.2) is 30.7 Å². The molecule has 1 aromatic carbocycles. The van der Waals surface area contributed by atoms with Crippen LogP contribution in [0.4, 0.5) is 14.9 Å². The van der Waals surface area contributed by atoms with E-state index in [9.17, 15) is 19.1 Å². The Hall–Kier alpha value is -2.11. The van der Waals surface area contributed by atoms with E-state index in [0.717, 1.165) is 0 Å². The van der Waals surface area contributed by atoms with Crippen LogP contribution in [0, 0.1) is 11.2 Å². The van der Waals surface area contributed by atoms with E-state index in [1.807, 2.05) is 0 Å². The van der Waals surface area contributed by atoms with Crippen LogP contribution in [0.2, 0.25) is 0 Å². The molecule has 0 saturated carbocycles. The molecule has 0 bridgehead atoms. The number of carboxylic acid groups (broad SMARTS) is 1. The summed E-state index contributed by atoms with van der Waals surface area (Å²) in [5.74, 6) is -1.37. The van der Waals surface area contributed by atoms with Crippen LogP contribution < -0.4 is 10.2 Å². The van der Waals surface area contributed by atoms with Crippen LogP contribution in [0.3, 0.4) is 0 Å². The first-order valence-corrected chi connectivity index (χ1v) is 6.87. The van der Waals surface area contributed by atoms with Crippen LogP contribution in [0.5, 0.6) is 0 Å². The molecule has 0 aliphatic carbocycles. The highest BCUT2D eigenvalue weighted by molar-refractivity contribution is 5.91. The number of amides is 2. The highest BCUT2D eigenvalue weighted by Crippen LogP contribution is 2.26. The minimum absolute atomic E-state index is 0.0355. The molecule has 0 aliphatic rings. The molecule has 0 fully saturated rings. The lowest BCUT2D eigenvalue weighted by atomic mass is 9.82. The molecular weight excluding hydrogens is 275 g/mol. The van der Waals surface area contributed by atoms with Gasteiger partial charge in [-0.1, -0.05) is 19.9 Å². The fourth-order valence-electron chi connectivity index (χ4n) is 2.04. The van der Waals surface area contributed by atoms with Crippen molar-refractivity contribution in [3.05, 3.63) is 30.1 Å². The number of hydrogen-bond donors (Lipinski definition) is 2. The average Bonchev–Trinajstić information content (AvgIpc) is 2.47. The van der Waals surface area contributed by atoms with E-state index < -0.39 is 23.2 Å². The maximum atomic E-state index is 13.1. The first kappa shape index (κ1) is 16.9. The molecule has 0 aromatic heterocycles. The Balaban J connectivity index is 2.75. The molecule has 2 amide bonds. The molecule has 0 radical (unpaired) electrons. The zero-order valence-corrected chi connectivity index (χ0v) is 12.5. The number of anilines is 1. The molecule has 1 rings (SSSR count). The maximum Gasteiger partial charge on any atom is 0.321 e. The number of nitrogens with one attached hydrogen (secondary N) is 1. The number of carbonyl (C=O) groups is 2. The Morgan fingerprint density at radius 1 is 1.33 bits per heavy atom. The molecule has 5 nitrogen and oxygen atoms in total. The maximum absolute atomic E-state index is 13.1. The van der Waals surface area contributed by atoms with Gasteiger partial charge in [0.05, 0.1) is 5.41 Å². The van der Waals surface area contributed by atoms with Gasteiger partial charge in [-0.2, -0.15) is 0 Å². The number of halogens is 1. The Labute approximate surface area is 123 Å². The van der Waals surface area contributed by atoms with E-state index in [1.165, 1.54) is 30.1 Å². The minimum atomic E-state index is -0.974. The lowest BCUT2D eigenvalue weighted by Gasteiger charge is -2.28.